The molecule has 1 aliphatic rings. The Hall–Kier alpha value is -3.05. The van der Waals surface area contributed by atoms with E-state index in [1.165, 1.54) is 6.33 Å². The van der Waals surface area contributed by atoms with Gasteiger partial charge in [-0.25, -0.2) is 9.97 Å². The normalized spacial score (nSPS) is 14.2. The van der Waals surface area contributed by atoms with Gasteiger partial charge in [0, 0.05) is 24.0 Å². The van der Waals surface area contributed by atoms with E-state index in [-0.39, 0.29) is 5.91 Å². The number of rotatable bonds is 3. The molecule has 25 heavy (non-hydrogen) atoms. The number of anilines is 1. The minimum Gasteiger partial charge on any atom is -0.316 e. The van der Waals surface area contributed by atoms with E-state index in [4.69, 9.17) is 5.73 Å². The van der Waals surface area contributed by atoms with E-state index in [0.717, 1.165) is 34.5 Å². The van der Waals surface area contributed by atoms with Crippen LogP contribution in [0.4, 0.5) is 5.69 Å². The first-order valence-electron chi connectivity index (χ1n) is 8.25. The van der Waals surface area contributed by atoms with E-state index in [1.807, 2.05) is 48.5 Å². The summed E-state index contributed by atoms with van der Waals surface area (Å²) in [6, 6.07) is 16.8. The highest BCUT2D eigenvalue weighted by molar-refractivity contribution is 5.99. The molecular formula is C20H18N4O. The standard InChI is InChI=1S/C20H18N4O/c21-19(14-4-2-1-3-5-14)20(25)24-11-9-16-12-15(6-7-18(16)24)17-8-10-22-13-23-17/h1-8,10,12-13,19H,9,11,21H2/t19-/m1/s1. The molecule has 0 saturated heterocycles. The average Bonchev–Trinajstić information content (AvgIpc) is 3.11. The van der Waals surface area contributed by atoms with E-state index in [1.54, 1.807) is 11.1 Å². The average molecular weight is 330 g/mol. The van der Waals surface area contributed by atoms with Gasteiger partial charge in [0.25, 0.3) is 0 Å². The van der Waals surface area contributed by atoms with E-state index in [2.05, 4.69) is 16.0 Å². The summed E-state index contributed by atoms with van der Waals surface area (Å²) >= 11 is 0. The Kier molecular flexibility index (Phi) is 3.99. The molecule has 2 N–H and O–H groups in total. The molecule has 1 amide bonds. The van der Waals surface area contributed by atoms with Crippen molar-refractivity contribution in [3.63, 3.8) is 0 Å². The number of nitrogens with zero attached hydrogens (tertiary/aromatic N) is 3. The number of hydrogen-bond acceptors (Lipinski definition) is 4. The molecule has 3 aromatic rings. The van der Waals surface area contributed by atoms with Crippen molar-refractivity contribution in [1.82, 2.24) is 9.97 Å². The SMILES string of the molecule is N[C@@H](C(=O)N1CCc2cc(-c3ccncn3)ccc21)c1ccccc1. The Bertz CT molecular complexity index is 896. The van der Waals surface area contributed by atoms with Gasteiger partial charge in [-0.05, 0) is 35.7 Å². The molecule has 0 spiro atoms. The predicted octanol–water partition coefficient (Wildman–Crippen LogP) is 2.73. The first-order valence-corrected chi connectivity index (χ1v) is 8.25. The zero-order valence-corrected chi connectivity index (χ0v) is 13.7. The predicted molar refractivity (Wildman–Crippen MR) is 96.9 cm³/mol. The fourth-order valence-corrected chi connectivity index (χ4v) is 3.22. The highest BCUT2D eigenvalue weighted by Gasteiger charge is 2.29. The number of nitrogens with two attached hydrogens (primary N) is 1. The van der Waals surface area contributed by atoms with Gasteiger partial charge in [0.1, 0.15) is 12.4 Å². The Morgan fingerprint density at radius 2 is 1.96 bits per heavy atom. The lowest BCUT2D eigenvalue weighted by Gasteiger charge is -2.22. The summed E-state index contributed by atoms with van der Waals surface area (Å²) in [6.45, 7) is 0.655. The summed E-state index contributed by atoms with van der Waals surface area (Å²) in [4.78, 5) is 22.9. The Balaban J connectivity index is 1.61. The van der Waals surface area contributed by atoms with Crippen LogP contribution in [0.3, 0.4) is 0 Å². The van der Waals surface area contributed by atoms with Gasteiger partial charge >= 0.3 is 0 Å². The monoisotopic (exact) mass is 330 g/mol. The lowest BCUT2D eigenvalue weighted by atomic mass is 10.0. The molecule has 124 valence electrons. The van der Waals surface area contributed by atoms with E-state index in [0.29, 0.717) is 6.54 Å². The van der Waals surface area contributed by atoms with Gasteiger partial charge in [0.15, 0.2) is 0 Å². The molecule has 5 heteroatoms. The molecule has 2 heterocycles. The molecular weight excluding hydrogens is 312 g/mol. The van der Waals surface area contributed by atoms with E-state index < -0.39 is 6.04 Å². The zero-order valence-electron chi connectivity index (χ0n) is 13.7. The van der Waals surface area contributed by atoms with Gasteiger partial charge in [-0.3, -0.25) is 4.79 Å². The van der Waals surface area contributed by atoms with Crippen LogP contribution in [0.1, 0.15) is 17.2 Å². The van der Waals surface area contributed by atoms with Crippen molar-refractivity contribution in [3.05, 3.63) is 78.2 Å². The van der Waals surface area contributed by atoms with Crippen molar-refractivity contribution in [2.75, 3.05) is 11.4 Å². The number of aromatic nitrogens is 2. The third-order valence-corrected chi connectivity index (χ3v) is 4.54. The van der Waals surface area contributed by atoms with Crippen LogP contribution < -0.4 is 10.6 Å². The van der Waals surface area contributed by atoms with Crippen molar-refractivity contribution < 1.29 is 4.79 Å². The molecule has 4 rings (SSSR count). The van der Waals surface area contributed by atoms with Crippen LogP contribution in [-0.4, -0.2) is 22.4 Å². The molecule has 0 radical (unpaired) electrons. The van der Waals surface area contributed by atoms with E-state index >= 15 is 0 Å². The molecule has 5 nitrogen and oxygen atoms in total. The van der Waals surface area contributed by atoms with Gasteiger partial charge in [-0.1, -0.05) is 36.4 Å². The lowest BCUT2D eigenvalue weighted by Crippen LogP contribution is -2.37. The second-order valence-electron chi connectivity index (χ2n) is 6.07. The highest BCUT2D eigenvalue weighted by atomic mass is 16.2. The maximum absolute atomic E-state index is 12.8. The minimum atomic E-state index is -0.645. The number of amides is 1. The van der Waals surface area contributed by atoms with Gasteiger partial charge in [-0.2, -0.15) is 0 Å². The second kappa shape index (κ2) is 6.45. The topological polar surface area (TPSA) is 72.1 Å². The fourth-order valence-electron chi connectivity index (χ4n) is 3.22. The first kappa shape index (κ1) is 15.5. The maximum Gasteiger partial charge on any atom is 0.248 e. The Morgan fingerprint density at radius 3 is 2.72 bits per heavy atom. The van der Waals surface area contributed by atoms with Crippen LogP contribution in [0.15, 0.2) is 67.1 Å². The number of fused-ring (bicyclic) bond motifs is 1. The van der Waals surface area contributed by atoms with Crippen molar-refractivity contribution in [2.45, 2.75) is 12.5 Å². The summed E-state index contributed by atoms with van der Waals surface area (Å²) in [5.41, 5.74) is 11.0. The third-order valence-electron chi connectivity index (χ3n) is 4.54. The molecule has 0 fully saturated rings. The number of hydrogen-bond donors (Lipinski definition) is 1. The summed E-state index contributed by atoms with van der Waals surface area (Å²) in [5, 5.41) is 0. The largest absolute Gasteiger partial charge is 0.316 e. The lowest BCUT2D eigenvalue weighted by molar-refractivity contribution is -0.119. The van der Waals surface area contributed by atoms with Crippen LogP contribution in [0.5, 0.6) is 0 Å². The summed E-state index contributed by atoms with van der Waals surface area (Å²) < 4.78 is 0. The fraction of sp³-hybridized carbons (Fsp3) is 0.150. The number of carbonyl (C=O) groups is 1. The molecule has 0 aliphatic carbocycles. The number of benzene rings is 2. The van der Waals surface area contributed by atoms with Crippen LogP contribution in [0.2, 0.25) is 0 Å². The molecule has 1 aliphatic heterocycles. The quantitative estimate of drug-likeness (QED) is 0.801. The minimum absolute atomic E-state index is 0.0697. The van der Waals surface area contributed by atoms with Crippen LogP contribution in [-0.2, 0) is 11.2 Å². The number of carbonyl (C=O) groups excluding carboxylic acids is 1. The van der Waals surface area contributed by atoms with Gasteiger partial charge < -0.3 is 10.6 Å². The molecule has 2 aromatic carbocycles. The third kappa shape index (κ3) is 2.90. The van der Waals surface area contributed by atoms with E-state index in [9.17, 15) is 4.79 Å². The Labute approximate surface area is 146 Å². The smallest absolute Gasteiger partial charge is 0.248 e. The van der Waals surface area contributed by atoms with Crippen molar-refractivity contribution in [3.8, 4) is 11.3 Å². The highest BCUT2D eigenvalue weighted by Crippen LogP contribution is 2.33. The van der Waals surface area contributed by atoms with Crippen molar-refractivity contribution >= 4 is 11.6 Å². The Morgan fingerprint density at radius 1 is 1.12 bits per heavy atom. The molecule has 0 saturated carbocycles. The van der Waals surface area contributed by atoms with Gasteiger partial charge in [-0.15, -0.1) is 0 Å². The first-order chi connectivity index (χ1) is 12.2. The molecule has 0 unspecified atom stereocenters. The summed E-state index contributed by atoms with van der Waals surface area (Å²) in [7, 11) is 0. The van der Waals surface area contributed by atoms with Crippen LogP contribution >= 0.6 is 0 Å². The van der Waals surface area contributed by atoms with Crippen molar-refractivity contribution in [1.29, 1.82) is 0 Å². The maximum atomic E-state index is 12.8. The van der Waals surface area contributed by atoms with Gasteiger partial charge in [0.05, 0.1) is 5.69 Å². The van der Waals surface area contributed by atoms with Crippen LogP contribution in [0, 0.1) is 0 Å². The molecule has 1 atom stereocenters. The second-order valence-corrected chi connectivity index (χ2v) is 6.07. The van der Waals surface area contributed by atoms with Crippen LogP contribution in [0.25, 0.3) is 11.3 Å². The van der Waals surface area contributed by atoms with Crippen molar-refractivity contribution in [2.24, 2.45) is 5.73 Å². The summed E-state index contributed by atoms with van der Waals surface area (Å²) in [6.07, 6.45) is 4.09. The zero-order chi connectivity index (χ0) is 17.2. The molecule has 1 aromatic heterocycles. The summed E-state index contributed by atoms with van der Waals surface area (Å²) in [5.74, 6) is -0.0697. The molecule has 0 bridgehead atoms. The van der Waals surface area contributed by atoms with Gasteiger partial charge in [0.2, 0.25) is 5.91 Å².